The van der Waals surface area contributed by atoms with Crippen LogP contribution in [0.5, 0.6) is 5.75 Å². The fourth-order valence-electron chi connectivity index (χ4n) is 3.41. The second-order valence-electron chi connectivity index (χ2n) is 6.35. The molecular weight excluding hydrogens is 314 g/mol. The molecule has 0 aliphatic carbocycles. The molecule has 0 saturated carbocycles. The van der Waals surface area contributed by atoms with E-state index >= 15 is 0 Å². The van der Waals surface area contributed by atoms with Crippen molar-refractivity contribution < 1.29 is 9.90 Å². The Morgan fingerprint density at radius 2 is 1.88 bits per heavy atom. The summed E-state index contributed by atoms with van der Waals surface area (Å²) in [7, 11) is 0. The second kappa shape index (κ2) is 6.43. The average molecular weight is 333 g/mol. The Hall–Kier alpha value is -3.08. The van der Waals surface area contributed by atoms with Gasteiger partial charge in [-0.25, -0.2) is 0 Å². The number of carbonyl (C=O) groups is 1. The van der Waals surface area contributed by atoms with E-state index in [-0.39, 0.29) is 11.7 Å². The van der Waals surface area contributed by atoms with Crippen LogP contribution in [0, 0.1) is 0 Å². The van der Waals surface area contributed by atoms with Gasteiger partial charge in [-0.15, -0.1) is 0 Å². The first-order chi connectivity index (χ1) is 12.2. The number of hydrogen-bond acceptors (Lipinski definition) is 3. The van der Waals surface area contributed by atoms with Crippen LogP contribution in [0.3, 0.4) is 0 Å². The zero-order valence-corrected chi connectivity index (χ0v) is 13.7. The van der Waals surface area contributed by atoms with Gasteiger partial charge in [0.25, 0.3) is 5.91 Å². The molecule has 4 rings (SSSR count). The van der Waals surface area contributed by atoms with Gasteiger partial charge in [-0.1, -0.05) is 42.5 Å². The molecule has 1 aliphatic rings. The Balaban J connectivity index is 1.53. The van der Waals surface area contributed by atoms with E-state index in [0.717, 1.165) is 29.7 Å². The first-order valence-electron chi connectivity index (χ1n) is 8.39. The van der Waals surface area contributed by atoms with Crippen LogP contribution in [-0.4, -0.2) is 39.2 Å². The third-order valence-electron chi connectivity index (χ3n) is 4.78. The third kappa shape index (κ3) is 3.01. The number of aromatic hydroxyl groups is 1. The fourth-order valence-corrected chi connectivity index (χ4v) is 3.41. The van der Waals surface area contributed by atoms with Crippen molar-refractivity contribution in [2.45, 2.75) is 12.3 Å². The van der Waals surface area contributed by atoms with Crippen LogP contribution in [0.1, 0.15) is 28.4 Å². The van der Waals surface area contributed by atoms with Crippen molar-refractivity contribution in [2.24, 2.45) is 0 Å². The largest absolute Gasteiger partial charge is 0.508 e. The lowest BCUT2D eigenvalue weighted by Crippen LogP contribution is -2.29. The summed E-state index contributed by atoms with van der Waals surface area (Å²) in [5, 5.41) is 16.4. The number of aromatic amines is 1. The molecule has 0 spiro atoms. The van der Waals surface area contributed by atoms with Crippen LogP contribution < -0.4 is 0 Å². The van der Waals surface area contributed by atoms with E-state index in [4.69, 9.17) is 0 Å². The lowest BCUT2D eigenvalue weighted by atomic mass is 9.98. The second-order valence-corrected chi connectivity index (χ2v) is 6.35. The minimum Gasteiger partial charge on any atom is -0.508 e. The number of nitrogens with zero attached hydrogens (tertiary/aromatic N) is 2. The molecule has 25 heavy (non-hydrogen) atoms. The van der Waals surface area contributed by atoms with Crippen LogP contribution >= 0.6 is 0 Å². The van der Waals surface area contributed by atoms with Crippen LogP contribution in [0.2, 0.25) is 0 Å². The number of phenols is 1. The number of H-pyrrole nitrogens is 1. The SMILES string of the molecule is O=C(c1[nH]ncc1-c1ccccc1)N1CCC(c2ccc(O)cc2)C1. The minimum atomic E-state index is -0.0161. The Bertz CT molecular complexity index is 871. The van der Waals surface area contributed by atoms with Gasteiger partial charge in [0.05, 0.1) is 6.20 Å². The Morgan fingerprint density at radius 3 is 2.64 bits per heavy atom. The summed E-state index contributed by atoms with van der Waals surface area (Å²) < 4.78 is 0. The van der Waals surface area contributed by atoms with Gasteiger partial charge in [0.1, 0.15) is 11.4 Å². The monoisotopic (exact) mass is 333 g/mol. The molecule has 1 saturated heterocycles. The molecule has 2 N–H and O–H groups in total. The van der Waals surface area contributed by atoms with E-state index in [2.05, 4.69) is 10.2 Å². The number of hydrogen-bond donors (Lipinski definition) is 2. The molecule has 1 atom stereocenters. The number of phenolic OH excluding ortho intramolecular Hbond substituents is 1. The van der Waals surface area contributed by atoms with Gasteiger partial charge in [0, 0.05) is 24.6 Å². The highest BCUT2D eigenvalue weighted by Crippen LogP contribution is 2.30. The Kier molecular flexibility index (Phi) is 3.98. The molecule has 1 fully saturated rings. The molecular formula is C20H19N3O2. The highest BCUT2D eigenvalue weighted by Gasteiger charge is 2.30. The number of carbonyl (C=O) groups excluding carboxylic acids is 1. The molecule has 3 aromatic rings. The maximum absolute atomic E-state index is 12.9. The maximum Gasteiger partial charge on any atom is 0.272 e. The number of likely N-dealkylation sites (tertiary alicyclic amines) is 1. The molecule has 1 aromatic heterocycles. The van der Waals surface area contributed by atoms with Crippen molar-refractivity contribution in [2.75, 3.05) is 13.1 Å². The van der Waals surface area contributed by atoms with Crippen molar-refractivity contribution in [1.29, 1.82) is 0 Å². The number of amides is 1. The summed E-state index contributed by atoms with van der Waals surface area (Å²) in [6, 6.07) is 17.1. The predicted molar refractivity (Wildman–Crippen MR) is 95.4 cm³/mol. The van der Waals surface area contributed by atoms with Crippen molar-refractivity contribution >= 4 is 5.91 Å². The van der Waals surface area contributed by atoms with Crippen molar-refractivity contribution in [1.82, 2.24) is 15.1 Å². The predicted octanol–water partition coefficient (Wildman–Crippen LogP) is 3.41. The Labute approximate surface area is 145 Å². The highest BCUT2D eigenvalue weighted by atomic mass is 16.3. The fraction of sp³-hybridized carbons (Fsp3) is 0.200. The summed E-state index contributed by atoms with van der Waals surface area (Å²) in [5.74, 6) is 0.546. The maximum atomic E-state index is 12.9. The van der Waals surface area contributed by atoms with E-state index in [9.17, 15) is 9.90 Å². The summed E-state index contributed by atoms with van der Waals surface area (Å²) in [5.41, 5.74) is 3.51. The molecule has 0 radical (unpaired) electrons. The molecule has 2 heterocycles. The number of rotatable bonds is 3. The number of benzene rings is 2. The summed E-state index contributed by atoms with van der Waals surface area (Å²) in [6.45, 7) is 1.40. The van der Waals surface area contributed by atoms with E-state index < -0.39 is 0 Å². The summed E-state index contributed by atoms with van der Waals surface area (Å²) >= 11 is 0. The minimum absolute atomic E-state index is 0.0161. The van der Waals surface area contributed by atoms with Crippen LogP contribution in [-0.2, 0) is 0 Å². The number of nitrogens with one attached hydrogen (secondary N) is 1. The first-order valence-corrected chi connectivity index (χ1v) is 8.39. The van der Waals surface area contributed by atoms with Gasteiger partial charge < -0.3 is 10.0 Å². The van der Waals surface area contributed by atoms with Crippen LogP contribution in [0.4, 0.5) is 0 Å². The van der Waals surface area contributed by atoms with Gasteiger partial charge >= 0.3 is 0 Å². The van der Waals surface area contributed by atoms with E-state index in [1.165, 1.54) is 0 Å². The normalized spacial score (nSPS) is 17.0. The lowest BCUT2D eigenvalue weighted by molar-refractivity contribution is 0.0785. The third-order valence-corrected chi connectivity index (χ3v) is 4.78. The van der Waals surface area contributed by atoms with E-state index in [0.29, 0.717) is 18.2 Å². The van der Waals surface area contributed by atoms with Crippen molar-refractivity contribution in [3.63, 3.8) is 0 Å². The van der Waals surface area contributed by atoms with Crippen LogP contribution in [0.25, 0.3) is 11.1 Å². The van der Waals surface area contributed by atoms with Crippen molar-refractivity contribution in [3.05, 3.63) is 72.1 Å². The topological polar surface area (TPSA) is 69.2 Å². The standard InChI is InChI=1S/C20H19N3O2/c24-17-8-6-14(7-9-17)16-10-11-23(13-16)20(25)19-18(12-21-22-19)15-4-2-1-3-5-15/h1-9,12,16,24H,10-11,13H2,(H,21,22). The molecule has 1 aliphatic heterocycles. The van der Waals surface area contributed by atoms with E-state index in [1.54, 1.807) is 18.3 Å². The quantitative estimate of drug-likeness (QED) is 0.772. The zero-order chi connectivity index (χ0) is 17.2. The molecule has 2 aromatic carbocycles. The molecule has 5 nitrogen and oxygen atoms in total. The summed E-state index contributed by atoms with van der Waals surface area (Å²) in [6.07, 6.45) is 2.63. The number of aromatic nitrogens is 2. The lowest BCUT2D eigenvalue weighted by Gasteiger charge is -2.17. The highest BCUT2D eigenvalue weighted by molar-refractivity contribution is 5.99. The molecule has 1 amide bonds. The Morgan fingerprint density at radius 1 is 1.12 bits per heavy atom. The smallest absolute Gasteiger partial charge is 0.272 e. The van der Waals surface area contributed by atoms with Gasteiger partial charge in [-0.3, -0.25) is 9.89 Å². The first kappa shape index (κ1) is 15.4. The van der Waals surface area contributed by atoms with Gasteiger partial charge in [-0.05, 0) is 29.7 Å². The summed E-state index contributed by atoms with van der Waals surface area (Å²) in [4.78, 5) is 14.8. The van der Waals surface area contributed by atoms with Crippen molar-refractivity contribution in [3.8, 4) is 16.9 Å². The van der Waals surface area contributed by atoms with Gasteiger partial charge in [0.15, 0.2) is 0 Å². The molecule has 1 unspecified atom stereocenters. The molecule has 0 bridgehead atoms. The molecule has 126 valence electrons. The van der Waals surface area contributed by atoms with Gasteiger partial charge in [-0.2, -0.15) is 5.10 Å². The van der Waals surface area contributed by atoms with Crippen LogP contribution in [0.15, 0.2) is 60.8 Å². The van der Waals surface area contributed by atoms with Gasteiger partial charge in [0.2, 0.25) is 0 Å². The zero-order valence-electron chi connectivity index (χ0n) is 13.7. The molecule has 5 heteroatoms. The van der Waals surface area contributed by atoms with E-state index in [1.807, 2.05) is 47.4 Å². The average Bonchev–Trinajstić information content (AvgIpc) is 3.32.